The number of esters is 1. The molecule has 0 fully saturated rings. The number of ether oxygens (including phenoxy) is 1. The smallest absolute Gasteiger partial charge is 0.328 e. The number of methoxy groups -OCH3 is 1. The molecule has 5 heteroatoms. The number of amides is 1. The number of carbonyl (C=O) groups is 2. The molecule has 0 unspecified atom stereocenters. The van der Waals surface area contributed by atoms with Gasteiger partial charge >= 0.3 is 5.97 Å². The van der Waals surface area contributed by atoms with Crippen molar-refractivity contribution in [2.75, 3.05) is 7.11 Å². The molecule has 0 radical (unpaired) electrons. The molecule has 0 saturated heterocycles. The Morgan fingerprint density at radius 3 is 2.41 bits per heavy atom. The van der Waals surface area contributed by atoms with Gasteiger partial charge in [0.15, 0.2) is 5.76 Å². The second-order valence-electron chi connectivity index (χ2n) is 4.13. The SMILES string of the molecule is COC(=O)[C@H](NC(=O)c1ccc(C)o1)C(C)C. The Morgan fingerprint density at radius 1 is 1.35 bits per heavy atom. The molecule has 0 saturated carbocycles. The summed E-state index contributed by atoms with van der Waals surface area (Å²) in [5.41, 5.74) is 0. The molecule has 1 heterocycles. The van der Waals surface area contributed by atoms with Gasteiger partial charge < -0.3 is 14.5 Å². The van der Waals surface area contributed by atoms with Gasteiger partial charge in [-0.05, 0) is 25.0 Å². The highest BCUT2D eigenvalue weighted by Gasteiger charge is 2.26. The van der Waals surface area contributed by atoms with E-state index in [1.165, 1.54) is 7.11 Å². The third-order valence-electron chi connectivity index (χ3n) is 2.37. The number of hydrogen-bond donors (Lipinski definition) is 1. The van der Waals surface area contributed by atoms with Gasteiger partial charge in [-0.15, -0.1) is 0 Å². The highest BCUT2D eigenvalue weighted by atomic mass is 16.5. The van der Waals surface area contributed by atoms with Gasteiger partial charge in [-0.1, -0.05) is 13.8 Å². The summed E-state index contributed by atoms with van der Waals surface area (Å²) in [7, 11) is 1.29. The van der Waals surface area contributed by atoms with Crippen molar-refractivity contribution in [2.24, 2.45) is 5.92 Å². The summed E-state index contributed by atoms with van der Waals surface area (Å²) in [6.45, 7) is 5.40. The second-order valence-corrected chi connectivity index (χ2v) is 4.13. The molecule has 1 aromatic rings. The Kier molecular flexibility index (Phi) is 4.31. The molecule has 0 aliphatic heterocycles. The molecule has 1 amide bonds. The molecule has 1 rings (SSSR count). The van der Waals surface area contributed by atoms with E-state index in [0.717, 1.165) is 0 Å². The molecule has 94 valence electrons. The van der Waals surface area contributed by atoms with E-state index in [0.29, 0.717) is 5.76 Å². The van der Waals surface area contributed by atoms with Gasteiger partial charge in [0.05, 0.1) is 7.11 Å². The molecule has 17 heavy (non-hydrogen) atoms. The van der Waals surface area contributed by atoms with Crippen molar-refractivity contribution in [3.63, 3.8) is 0 Å². The lowest BCUT2D eigenvalue weighted by molar-refractivity contribution is -0.144. The fourth-order valence-electron chi connectivity index (χ4n) is 1.39. The summed E-state index contributed by atoms with van der Waals surface area (Å²) in [4.78, 5) is 23.2. The van der Waals surface area contributed by atoms with Crippen LogP contribution in [0.4, 0.5) is 0 Å². The van der Waals surface area contributed by atoms with Gasteiger partial charge in [0, 0.05) is 0 Å². The minimum absolute atomic E-state index is 0.0533. The van der Waals surface area contributed by atoms with E-state index >= 15 is 0 Å². The third-order valence-corrected chi connectivity index (χ3v) is 2.37. The van der Waals surface area contributed by atoms with Crippen LogP contribution in [0.25, 0.3) is 0 Å². The van der Waals surface area contributed by atoms with Crippen LogP contribution < -0.4 is 5.32 Å². The summed E-state index contributed by atoms with van der Waals surface area (Å²) >= 11 is 0. The van der Waals surface area contributed by atoms with Crippen LogP contribution in [0.15, 0.2) is 16.5 Å². The molecule has 0 spiro atoms. The van der Waals surface area contributed by atoms with Crippen LogP contribution in [0, 0.1) is 12.8 Å². The summed E-state index contributed by atoms with van der Waals surface area (Å²) in [6, 6.07) is 2.59. The predicted octanol–water partition coefficient (Wildman–Crippen LogP) is 1.52. The molecule has 1 atom stereocenters. The van der Waals surface area contributed by atoms with Gasteiger partial charge in [-0.2, -0.15) is 0 Å². The van der Waals surface area contributed by atoms with Crippen molar-refractivity contribution in [2.45, 2.75) is 26.8 Å². The third kappa shape index (κ3) is 3.34. The molecule has 0 aliphatic carbocycles. The zero-order valence-electron chi connectivity index (χ0n) is 10.4. The molecule has 1 N–H and O–H groups in total. The van der Waals surface area contributed by atoms with E-state index < -0.39 is 17.9 Å². The number of hydrogen-bond acceptors (Lipinski definition) is 4. The Hall–Kier alpha value is -1.78. The van der Waals surface area contributed by atoms with Gasteiger partial charge in [0.2, 0.25) is 0 Å². The van der Waals surface area contributed by atoms with E-state index in [-0.39, 0.29) is 11.7 Å². The number of aryl methyl sites for hydroxylation is 1. The topological polar surface area (TPSA) is 68.5 Å². The van der Waals surface area contributed by atoms with E-state index in [1.54, 1.807) is 19.1 Å². The maximum Gasteiger partial charge on any atom is 0.328 e. The lowest BCUT2D eigenvalue weighted by Crippen LogP contribution is -2.44. The Balaban J connectivity index is 2.74. The van der Waals surface area contributed by atoms with Crippen LogP contribution in [-0.2, 0) is 9.53 Å². The fraction of sp³-hybridized carbons (Fsp3) is 0.500. The van der Waals surface area contributed by atoms with Crippen LogP contribution >= 0.6 is 0 Å². The average molecular weight is 239 g/mol. The highest BCUT2D eigenvalue weighted by Crippen LogP contribution is 2.09. The van der Waals surface area contributed by atoms with E-state index in [1.807, 2.05) is 13.8 Å². The number of rotatable bonds is 4. The van der Waals surface area contributed by atoms with Crippen molar-refractivity contribution < 1.29 is 18.7 Å². The van der Waals surface area contributed by atoms with Crippen LogP contribution in [0.3, 0.4) is 0 Å². The van der Waals surface area contributed by atoms with Gasteiger partial charge in [-0.25, -0.2) is 4.79 Å². The van der Waals surface area contributed by atoms with E-state index in [4.69, 9.17) is 4.42 Å². The highest BCUT2D eigenvalue weighted by molar-refractivity contribution is 5.94. The van der Waals surface area contributed by atoms with Crippen molar-refractivity contribution in [3.05, 3.63) is 23.7 Å². The molecular formula is C12H17NO4. The zero-order valence-corrected chi connectivity index (χ0v) is 10.4. The molecule has 0 aromatic carbocycles. The van der Waals surface area contributed by atoms with Crippen LogP contribution in [0.2, 0.25) is 0 Å². The predicted molar refractivity (Wildman–Crippen MR) is 61.6 cm³/mol. The van der Waals surface area contributed by atoms with Crippen LogP contribution in [-0.4, -0.2) is 25.0 Å². The second kappa shape index (κ2) is 5.52. The van der Waals surface area contributed by atoms with E-state index in [2.05, 4.69) is 10.1 Å². The zero-order chi connectivity index (χ0) is 13.0. The molecule has 5 nitrogen and oxygen atoms in total. The molecule has 1 aromatic heterocycles. The van der Waals surface area contributed by atoms with Gasteiger partial charge in [-0.3, -0.25) is 4.79 Å². The Labute approximate surface area is 100 Å². The standard InChI is InChI=1S/C12H17NO4/c1-7(2)10(12(15)16-4)13-11(14)9-6-5-8(3)17-9/h5-7,10H,1-4H3,(H,13,14)/t10-/m1/s1. The first kappa shape index (κ1) is 13.3. The number of nitrogens with one attached hydrogen (secondary N) is 1. The van der Waals surface area contributed by atoms with Crippen LogP contribution in [0.5, 0.6) is 0 Å². The first-order valence-corrected chi connectivity index (χ1v) is 5.40. The summed E-state index contributed by atoms with van der Waals surface area (Å²) in [5.74, 6) is -0.0901. The summed E-state index contributed by atoms with van der Waals surface area (Å²) in [5, 5.41) is 2.59. The minimum Gasteiger partial charge on any atom is -0.467 e. The van der Waals surface area contributed by atoms with Gasteiger partial charge in [0.1, 0.15) is 11.8 Å². The normalized spacial score (nSPS) is 12.3. The van der Waals surface area contributed by atoms with Crippen molar-refractivity contribution in [1.29, 1.82) is 0 Å². The summed E-state index contributed by atoms with van der Waals surface area (Å²) < 4.78 is 9.81. The molecule has 0 bridgehead atoms. The minimum atomic E-state index is -0.669. The first-order valence-electron chi connectivity index (χ1n) is 5.40. The summed E-state index contributed by atoms with van der Waals surface area (Å²) in [6.07, 6.45) is 0. The molecular weight excluding hydrogens is 222 g/mol. The maximum atomic E-state index is 11.8. The van der Waals surface area contributed by atoms with Crippen LogP contribution in [0.1, 0.15) is 30.2 Å². The Morgan fingerprint density at radius 2 is 2.00 bits per heavy atom. The first-order chi connectivity index (χ1) is 7.95. The quantitative estimate of drug-likeness (QED) is 0.809. The van der Waals surface area contributed by atoms with Crippen molar-refractivity contribution >= 4 is 11.9 Å². The van der Waals surface area contributed by atoms with Crippen molar-refractivity contribution in [3.8, 4) is 0 Å². The number of carbonyl (C=O) groups excluding carboxylic acids is 2. The monoisotopic (exact) mass is 239 g/mol. The van der Waals surface area contributed by atoms with Gasteiger partial charge in [0.25, 0.3) is 5.91 Å². The molecule has 0 aliphatic rings. The maximum absolute atomic E-state index is 11.8. The average Bonchev–Trinajstić information content (AvgIpc) is 2.71. The largest absolute Gasteiger partial charge is 0.467 e. The number of furan rings is 1. The fourth-order valence-corrected chi connectivity index (χ4v) is 1.39. The lowest BCUT2D eigenvalue weighted by atomic mass is 10.0. The van der Waals surface area contributed by atoms with Crippen molar-refractivity contribution in [1.82, 2.24) is 5.32 Å². The Bertz CT molecular complexity index is 408. The lowest BCUT2D eigenvalue weighted by Gasteiger charge is -2.18. The van der Waals surface area contributed by atoms with E-state index in [9.17, 15) is 9.59 Å².